The van der Waals surface area contributed by atoms with E-state index in [2.05, 4.69) is 0 Å². The molecule has 0 unspecified atom stereocenters. The van der Waals surface area contributed by atoms with E-state index < -0.39 is 36.8 Å². The first-order chi connectivity index (χ1) is 11.2. The van der Waals surface area contributed by atoms with Crippen molar-refractivity contribution in [2.45, 2.75) is 70.4 Å². The van der Waals surface area contributed by atoms with Gasteiger partial charge in [0.15, 0.2) is 0 Å². The summed E-state index contributed by atoms with van der Waals surface area (Å²) in [5, 5.41) is 0. The molecule has 1 aliphatic heterocycles. The van der Waals surface area contributed by atoms with Crippen LogP contribution in [0.5, 0.6) is 0 Å². The van der Waals surface area contributed by atoms with Crippen molar-refractivity contribution in [2.75, 3.05) is 19.8 Å². The van der Waals surface area contributed by atoms with E-state index >= 15 is 0 Å². The molecule has 1 heterocycles. The minimum Gasteiger partial charge on any atom is -0.461 e. The molecule has 0 amide bonds. The summed E-state index contributed by atoms with van der Waals surface area (Å²) in [6.07, 6.45) is -3.41. The molecule has 0 aliphatic carbocycles. The largest absolute Gasteiger partial charge is 0.461 e. The Hall–Kier alpha value is -0.570. The van der Waals surface area contributed by atoms with E-state index in [9.17, 15) is 18.0 Å². The minimum atomic E-state index is -4.19. The number of nitrogens with two attached hydrogens (primary N) is 1. The topological polar surface area (TPSA) is 70.8 Å². The van der Waals surface area contributed by atoms with Crippen molar-refractivity contribution < 1.29 is 32.2 Å². The number of hydrogen-bond acceptors (Lipinski definition) is 5. The van der Waals surface area contributed by atoms with Gasteiger partial charge in [0.2, 0.25) is 0 Å². The third kappa shape index (κ3) is 9.63. The lowest BCUT2D eigenvalue weighted by Crippen LogP contribution is -2.39. The zero-order chi connectivity index (χ0) is 18.2. The van der Waals surface area contributed by atoms with Gasteiger partial charge >= 0.3 is 12.1 Å². The molecule has 1 fully saturated rings. The Kier molecular flexibility index (Phi) is 11.7. The second-order valence-corrected chi connectivity index (χ2v) is 6.22. The van der Waals surface area contributed by atoms with Crippen molar-refractivity contribution in [3.63, 3.8) is 0 Å². The Morgan fingerprint density at radius 2 is 1.96 bits per heavy atom. The summed E-state index contributed by atoms with van der Waals surface area (Å²) < 4.78 is 53.2. The maximum Gasteiger partial charge on any atom is 0.389 e. The molecule has 0 radical (unpaired) electrons. The average Bonchev–Trinajstić information content (AvgIpc) is 2.53. The molecular formula is C16H29ClF3NO4. The quantitative estimate of drug-likeness (QED) is 0.533. The highest BCUT2D eigenvalue weighted by molar-refractivity contribution is 5.85. The number of halogens is 4. The maximum atomic E-state index is 12.2. The van der Waals surface area contributed by atoms with Gasteiger partial charge in [-0.25, -0.2) is 0 Å². The highest BCUT2D eigenvalue weighted by Crippen LogP contribution is 2.26. The van der Waals surface area contributed by atoms with E-state index in [0.717, 1.165) is 19.3 Å². The average molecular weight is 392 g/mol. The third-order valence-corrected chi connectivity index (χ3v) is 4.09. The smallest absolute Gasteiger partial charge is 0.389 e. The van der Waals surface area contributed by atoms with Crippen molar-refractivity contribution in [1.29, 1.82) is 0 Å². The van der Waals surface area contributed by atoms with Crippen molar-refractivity contribution in [2.24, 2.45) is 11.7 Å². The van der Waals surface area contributed by atoms with Gasteiger partial charge in [-0.15, -0.1) is 12.4 Å². The van der Waals surface area contributed by atoms with Gasteiger partial charge in [0, 0.05) is 18.9 Å². The molecule has 0 spiro atoms. The van der Waals surface area contributed by atoms with Gasteiger partial charge in [0.1, 0.15) is 12.1 Å². The molecule has 2 N–H and O–H groups in total. The van der Waals surface area contributed by atoms with E-state index in [1.807, 2.05) is 6.92 Å². The lowest BCUT2D eigenvalue weighted by atomic mass is 9.91. The number of hydrogen-bond donors (Lipinski definition) is 1. The van der Waals surface area contributed by atoms with Crippen molar-refractivity contribution in [3.05, 3.63) is 0 Å². The molecule has 1 rings (SSSR count). The lowest BCUT2D eigenvalue weighted by Gasteiger charge is -2.30. The molecule has 0 saturated carbocycles. The number of cyclic esters (lactones) is 1. The zero-order valence-electron chi connectivity index (χ0n) is 14.7. The number of ether oxygens (including phenoxy) is 3. The number of carbonyl (C=O) groups excluding carboxylic acids is 1. The molecule has 0 bridgehead atoms. The fourth-order valence-electron chi connectivity index (χ4n) is 2.70. The predicted octanol–water partition coefficient (Wildman–Crippen LogP) is 3.23. The number of esters is 1. The Labute approximate surface area is 153 Å². The third-order valence-electron chi connectivity index (χ3n) is 4.09. The molecule has 0 aromatic carbocycles. The monoisotopic (exact) mass is 391 g/mol. The molecular weight excluding hydrogens is 363 g/mol. The van der Waals surface area contributed by atoms with E-state index in [1.54, 1.807) is 6.92 Å². The summed E-state index contributed by atoms with van der Waals surface area (Å²) in [5.41, 5.74) is 5.67. The first-order valence-electron chi connectivity index (χ1n) is 8.46. The van der Waals surface area contributed by atoms with Crippen LogP contribution in [0.2, 0.25) is 0 Å². The van der Waals surface area contributed by atoms with Crippen LogP contribution in [0.25, 0.3) is 0 Å². The van der Waals surface area contributed by atoms with Gasteiger partial charge in [-0.2, -0.15) is 13.2 Å². The summed E-state index contributed by atoms with van der Waals surface area (Å²) in [7, 11) is 0. The van der Waals surface area contributed by atoms with Crippen molar-refractivity contribution in [3.8, 4) is 0 Å². The van der Waals surface area contributed by atoms with Crippen LogP contribution in [0.1, 0.15) is 46.0 Å². The van der Waals surface area contributed by atoms with Crippen molar-refractivity contribution in [1.82, 2.24) is 0 Å². The van der Waals surface area contributed by atoms with Gasteiger partial charge in [-0.1, -0.05) is 19.8 Å². The van der Waals surface area contributed by atoms with Gasteiger partial charge < -0.3 is 19.9 Å². The standard InChI is InChI=1S/C16H28F3NO4.ClH/c1-3-4-6-12-11(2)24-15(21)13(20)9-22-10-14(12)23-8-5-7-16(17,18)19;/h11-14H,3-10,20H2,1-2H3;1H/t11-,12-,13-,14-;/m0./s1. The molecule has 150 valence electrons. The zero-order valence-corrected chi connectivity index (χ0v) is 15.5. The second-order valence-electron chi connectivity index (χ2n) is 6.22. The normalized spacial score (nSPS) is 28.3. The van der Waals surface area contributed by atoms with Crippen LogP contribution in [-0.4, -0.2) is 50.2 Å². The number of rotatable bonds is 7. The molecule has 1 saturated heterocycles. The fraction of sp³-hybridized carbons (Fsp3) is 0.938. The molecule has 5 nitrogen and oxygen atoms in total. The van der Waals surface area contributed by atoms with Crippen LogP contribution in [-0.2, 0) is 19.0 Å². The van der Waals surface area contributed by atoms with Gasteiger partial charge in [0.05, 0.1) is 19.3 Å². The molecule has 4 atom stereocenters. The predicted molar refractivity (Wildman–Crippen MR) is 89.6 cm³/mol. The van der Waals surface area contributed by atoms with Crippen LogP contribution in [0.15, 0.2) is 0 Å². The van der Waals surface area contributed by atoms with E-state index in [-0.39, 0.29) is 44.6 Å². The summed E-state index contributed by atoms with van der Waals surface area (Å²) >= 11 is 0. The second kappa shape index (κ2) is 11.9. The van der Waals surface area contributed by atoms with Crippen LogP contribution in [0.3, 0.4) is 0 Å². The fourth-order valence-corrected chi connectivity index (χ4v) is 2.70. The number of carbonyl (C=O) groups is 1. The molecule has 1 aliphatic rings. The van der Waals surface area contributed by atoms with Crippen molar-refractivity contribution >= 4 is 18.4 Å². The molecule has 0 aromatic heterocycles. The maximum absolute atomic E-state index is 12.2. The molecule has 9 heteroatoms. The Morgan fingerprint density at radius 1 is 1.28 bits per heavy atom. The lowest BCUT2D eigenvalue weighted by molar-refractivity contribution is -0.156. The summed E-state index contributed by atoms with van der Waals surface area (Å²) in [5.74, 6) is -0.660. The Bertz CT molecular complexity index is 385. The first-order valence-corrected chi connectivity index (χ1v) is 8.46. The van der Waals surface area contributed by atoms with Gasteiger partial charge in [-0.05, 0) is 19.8 Å². The Balaban J connectivity index is 0.00000576. The van der Waals surface area contributed by atoms with Crippen LogP contribution in [0, 0.1) is 5.92 Å². The highest BCUT2D eigenvalue weighted by Gasteiger charge is 2.33. The summed E-state index contributed by atoms with van der Waals surface area (Å²) in [4.78, 5) is 11.8. The number of alkyl halides is 3. The van der Waals surface area contributed by atoms with E-state index in [4.69, 9.17) is 19.9 Å². The Morgan fingerprint density at radius 3 is 2.56 bits per heavy atom. The van der Waals surface area contributed by atoms with E-state index in [0.29, 0.717) is 0 Å². The molecule has 25 heavy (non-hydrogen) atoms. The SMILES string of the molecule is CCCC[C@H]1[C@H](C)OC(=O)[C@@H](N)COC[C@@H]1OCCCC(F)(F)F.Cl. The highest BCUT2D eigenvalue weighted by atomic mass is 35.5. The van der Waals surface area contributed by atoms with E-state index in [1.165, 1.54) is 0 Å². The summed E-state index contributed by atoms with van der Waals surface area (Å²) in [6, 6.07) is -0.858. The summed E-state index contributed by atoms with van der Waals surface area (Å²) in [6.45, 7) is 3.99. The molecule has 0 aromatic rings. The van der Waals surface area contributed by atoms with Gasteiger partial charge in [0.25, 0.3) is 0 Å². The van der Waals surface area contributed by atoms with Crippen LogP contribution in [0.4, 0.5) is 13.2 Å². The number of unbranched alkanes of at least 4 members (excludes halogenated alkanes) is 1. The minimum absolute atomic E-state index is 0. The van der Waals surface area contributed by atoms with Gasteiger partial charge in [-0.3, -0.25) is 4.79 Å². The van der Waals surface area contributed by atoms with Crippen LogP contribution >= 0.6 is 12.4 Å². The first kappa shape index (κ1) is 24.4. The van der Waals surface area contributed by atoms with Crippen LogP contribution < -0.4 is 5.73 Å².